The van der Waals surface area contributed by atoms with Gasteiger partial charge in [0, 0.05) is 19.1 Å². The Kier molecular flexibility index (Phi) is 4.78. The molecule has 2 fully saturated rings. The molecule has 3 heterocycles. The first-order valence-electron chi connectivity index (χ1n) is 9.24. The van der Waals surface area contributed by atoms with Crippen LogP contribution in [0.4, 0.5) is 0 Å². The average molecular weight is 339 g/mol. The van der Waals surface area contributed by atoms with Gasteiger partial charge >= 0.3 is 0 Å². The first-order valence-corrected chi connectivity index (χ1v) is 9.24. The van der Waals surface area contributed by atoms with Crippen molar-refractivity contribution < 1.29 is 4.79 Å². The van der Waals surface area contributed by atoms with Crippen LogP contribution in [0.5, 0.6) is 0 Å². The van der Waals surface area contributed by atoms with Crippen molar-refractivity contribution in [2.45, 2.75) is 38.3 Å². The van der Waals surface area contributed by atoms with Crippen LogP contribution in [0.1, 0.15) is 41.7 Å². The van der Waals surface area contributed by atoms with E-state index in [0.717, 1.165) is 39.0 Å². The van der Waals surface area contributed by atoms with E-state index in [9.17, 15) is 4.79 Å². The first kappa shape index (κ1) is 16.3. The molecule has 1 aromatic heterocycles. The van der Waals surface area contributed by atoms with Gasteiger partial charge in [-0.1, -0.05) is 30.3 Å². The third kappa shape index (κ3) is 3.58. The number of carbonyl (C=O) groups excluding carboxylic acids is 1. The molecule has 0 radical (unpaired) electrons. The Hall–Kier alpha value is -2.21. The molecule has 1 N–H and O–H groups in total. The molecule has 1 atom stereocenters. The topological polar surface area (TPSA) is 65.1 Å². The van der Waals surface area contributed by atoms with Crippen molar-refractivity contribution in [3.05, 3.63) is 47.8 Å². The van der Waals surface area contributed by atoms with E-state index in [4.69, 9.17) is 0 Å². The SMILES string of the molecule is O=C(c1cn[nH]n1)N1CCC[C@@H]1C1CCN(Cc2ccccc2)CC1. The zero-order valence-corrected chi connectivity index (χ0v) is 14.5. The van der Waals surface area contributed by atoms with Crippen LogP contribution in [0.2, 0.25) is 0 Å². The number of carbonyl (C=O) groups is 1. The number of hydrogen-bond donors (Lipinski definition) is 1. The van der Waals surface area contributed by atoms with E-state index in [2.05, 4.69) is 50.6 Å². The van der Waals surface area contributed by atoms with Crippen molar-refractivity contribution in [3.63, 3.8) is 0 Å². The van der Waals surface area contributed by atoms with Gasteiger partial charge in [-0.25, -0.2) is 0 Å². The fourth-order valence-corrected chi connectivity index (χ4v) is 4.32. The second kappa shape index (κ2) is 7.35. The van der Waals surface area contributed by atoms with Crippen LogP contribution < -0.4 is 0 Å². The summed E-state index contributed by atoms with van der Waals surface area (Å²) in [5.41, 5.74) is 1.82. The highest BCUT2D eigenvalue weighted by molar-refractivity contribution is 5.92. The van der Waals surface area contributed by atoms with E-state index < -0.39 is 0 Å². The molecular formula is C19H25N5O. The Bertz CT molecular complexity index is 679. The zero-order valence-electron chi connectivity index (χ0n) is 14.5. The molecule has 0 saturated carbocycles. The van der Waals surface area contributed by atoms with Gasteiger partial charge in [0.25, 0.3) is 5.91 Å². The smallest absolute Gasteiger partial charge is 0.276 e. The van der Waals surface area contributed by atoms with Crippen LogP contribution in [0.25, 0.3) is 0 Å². The van der Waals surface area contributed by atoms with Crippen LogP contribution in [-0.2, 0) is 6.54 Å². The molecule has 4 rings (SSSR count). The molecule has 2 aliphatic rings. The number of nitrogens with zero attached hydrogens (tertiary/aromatic N) is 4. The molecule has 2 saturated heterocycles. The Labute approximate surface area is 148 Å². The normalized spacial score (nSPS) is 22.4. The van der Waals surface area contributed by atoms with Gasteiger partial charge in [-0.05, 0) is 50.3 Å². The molecule has 0 spiro atoms. The predicted octanol–water partition coefficient (Wildman–Crippen LogP) is 2.32. The molecule has 132 valence electrons. The molecule has 6 nitrogen and oxygen atoms in total. The fraction of sp³-hybridized carbons (Fsp3) is 0.526. The van der Waals surface area contributed by atoms with Crippen LogP contribution in [0.15, 0.2) is 36.5 Å². The maximum Gasteiger partial charge on any atom is 0.276 e. The number of hydrogen-bond acceptors (Lipinski definition) is 4. The van der Waals surface area contributed by atoms with Crippen LogP contribution >= 0.6 is 0 Å². The molecule has 0 aliphatic carbocycles. The molecule has 0 bridgehead atoms. The Morgan fingerprint density at radius 3 is 2.64 bits per heavy atom. The molecule has 25 heavy (non-hydrogen) atoms. The first-order chi connectivity index (χ1) is 12.3. The van der Waals surface area contributed by atoms with Gasteiger partial charge in [0.15, 0.2) is 5.69 Å². The lowest BCUT2D eigenvalue weighted by molar-refractivity contribution is 0.0608. The summed E-state index contributed by atoms with van der Waals surface area (Å²) in [7, 11) is 0. The second-order valence-electron chi connectivity index (χ2n) is 7.16. The lowest BCUT2D eigenvalue weighted by atomic mass is 9.87. The van der Waals surface area contributed by atoms with Crippen LogP contribution in [-0.4, -0.2) is 56.8 Å². The van der Waals surface area contributed by atoms with Gasteiger partial charge < -0.3 is 4.90 Å². The third-order valence-corrected chi connectivity index (χ3v) is 5.62. The largest absolute Gasteiger partial charge is 0.334 e. The summed E-state index contributed by atoms with van der Waals surface area (Å²) >= 11 is 0. The summed E-state index contributed by atoms with van der Waals surface area (Å²) in [6.07, 6.45) is 6.08. The predicted molar refractivity (Wildman–Crippen MR) is 94.9 cm³/mol. The maximum absolute atomic E-state index is 12.7. The number of piperidine rings is 1. The lowest BCUT2D eigenvalue weighted by Crippen LogP contribution is -2.44. The van der Waals surface area contributed by atoms with Gasteiger partial charge in [-0.15, -0.1) is 0 Å². The Balaban J connectivity index is 1.34. The van der Waals surface area contributed by atoms with Crippen molar-refractivity contribution in [1.29, 1.82) is 0 Å². The molecule has 2 aliphatic heterocycles. The van der Waals surface area contributed by atoms with Gasteiger partial charge in [0.2, 0.25) is 0 Å². The maximum atomic E-state index is 12.7. The summed E-state index contributed by atoms with van der Waals surface area (Å²) in [6.45, 7) is 4.10. The molecule has 0 unspecified atom stereocenters. The highest BCUT2D eigenvalue weighted by Crippen LogP contribution is 2.32. The standard InChI is InChI=1S/C19H25N5O/c25-19(17-13-20-22-21-17)24-10-4-7-18(24)16-8-11-23(12-9-16)14-15-5-2-1-3-6-15/h1-3,5-6,13,16,18H,4,7-12,14H2,(H,20,21,22)/t18-/m1/s1. The van der Waals surface area contributed by atoms with Crippen LogP contribution in [0, 0.1) is 5.92 Å². The quantitative estimate of drug-likeness (QED) is 0.928. The fourth-order valence-electron chi connectivity index (χ4n) is 4.32. The molecule has 2 aromatic rings. The van der Waals surface area contributed by atoms with E-state index in [1.807, 2.05) is 4.90 Å². The number of likely N-dealkylation sites (tertiary alicyclic amines) is 2. The van der Waals surface area contributed by atoms with E-state index in [1.165, 1.54) is 24.6 Å². The number of benzene rings is 1. The number of aromatic amines is 1. The molecule has 6 heteroatoms. The minimum absolute atomic E-state index is 0.0305. The van der Waals surface area contributed by atoms with Gasteiger partial charge in [0.1, 0.15) is 0 Å². The number of rotatable bonds is 4. The number of aromatic nitrogens is 3. The zero-order chi connectivity index (χ0) is 17.1. The number of nitrogens with one attached hydrogen (secondary N) is 1. The van der Waals surface area contributed by atoms with Gasteiger partial charge in [-0.2, -0.15) is 15.4 Å². The van der Waals surface area contributed by atoms with E-state index >= 15 is 0 Å². The van der Waals surface area contributed by atoms with E-state index in [-0.39, 0.29) is 5.91 Å². The number of amides is 1. The minimum Gasteiger partial charge on any atom is -0.334 e. The second-order valence-corrected chi connectivity index (χ2v) is 7.16. The molecule has 1 aromatic carbocycles. The molecule has 1 amide bonds. The summed E-state index contributed by atoms with van der Waals surface area (Å²) < 4.78 is 0. The van der Waals surface area contributed by atoms with Crippen LogP contribution in [0.3, 0.4) is 0 Å². The Morgan fingerprint density at radius 2 is 1.92 bits per heavy atom. The van der Waals surface area contributed by atoms with Crippen molar-refractivity contribution in [1.82, 2.24) is 25.2 Å². The van der Waals surface area contributed by atoms with Gasteiger partial charge in [-0.3, -0.25) is 9.69 Å². The van der Waals surface area contributed by atoms with Gasteiger partial charge in [0.05, 0.1) is 6.20 Å². The highest BCUT2D eigenvalue weighted by Gasteiger charge is 2.37. The molecular weight excluding hydrogens is 314 g/mol. The van der Waals surface area contributed by atoms with Crippen molar-refractivity contribution in [2.24, 2.45) is 5.92 Å². The summed E-state index contributed by atoms with van der Waals surface area (Å²) in [5, 5.41) is 10.3. The monoisotopic (exact) mass is 339 g/mol. The van der Waals surface area contributed by atoms with E-state index in [0.29, 0.717) is 17.7 Å². The Morgan fingerprint density at radius 1 is 1.12 bits per heavy atom. The third-order valence-electron chi connectivity index (χ3n) is 5.62. The number of H-pyrrole nitrogens is 1. The summed E-state index contributed by atoms with van der Waals surface area (Å²) in [4.78, 5) is 17.2. The van der Waals surface area contributed by atoms with E-state index in [1.54, 1.807) is 0 Å². The lowest BCUT2D eigenvalue weighted by Gasteiger charge is -2.38. The average Bonchev–Trinajstić information content (AvgIpc) is 3.35. The highest BCUT2D eigenvalue weighted by atomic mass is 16.2. The van der Waals surface area contributed by atoms with Crippen molar-refractivity contribution in [2.75, 3.05) is 19.6 Å². The summed E-state index contributed by atoms with van der Waals surface area (Å²) in [5.74, 6) is 0.633. The summed E-state index contributed by atoms with van der Waals surface area (Å²) in [6, 6.07) is 11.0. The van der Waals surface area contributed by atoms with Crippen molar-refractivity contribution >= 4 is 5.91 Å². The minimum atomic E-state index is 0.0305. The van der Waals surface area contributed by atoms with Crippen molar-refractivity contribution in [3.8, 4) is 0 Å².